The summed E-state index contributed by atoms with van der Waals surface area (Å²) in [4.78, 5) is 27.6. The summed E-state index contributed by atoms with van der Waals surface area (Å²) in [6.45, 7) is 4.35. The van der Waals surface area contributed by atoms with Crippen LogP contribution in [0.25, 0.3) is 0 Å². The molecule has 35 heavy (non-hydrogen) atoms. The van der Waals surface area contributed by atoms with Crippen LogP contribution in [-0.2, 0) is 24.1 Å². The van der Waals surface area contributed by atoms with Crippen molar-refractivity contribution in [1.29, 1.82) is 0 Å². The van der Waals surface area contributed by atoms with E-state index in [9.17, 15) is 18.4 Å². The van der Waals surface area contributed by atoms with Crippen molar-refractivity contribution in [2.75, 3.05) is 26.7 Å². The third kappa shape index (κ3) is 5.56. The minimum atomic E-state index is -0.803. The van der Waals surface area contributed by atoms with Gasteiger partial charge in [-0.2, -0.15) is 0 Å². The molecule has 0 radical (unpaired) electrons. The molecular formula is C28H35F2N3O2. The highest BCUT2D eigenvalue weighted by atomic mass is 19.2. The standard InChI is InChI=1S/C28H35F2N3O2/c1-3-28(27(35)31-2)13-9-20-17-21(7-8-22(20)18-28)26(34)32-23-11-15-33(16-12-23)14-10-19-5-4-6-24(29)25(19)30/h4-8,17,23H,3,9-16,18H2,1-2H3,(H,31,35)(H,32,34). The fourth-order valence-electron chi connectivity index (χ4n) is 5.51. The Bertz CT molecular complexity index is 1080. The van der Waals surface area contributed by atoms with E-state index in [0.29, 0.717) is 30.5 Å². The van der Waals surface area contributed by atoms with Gasteiger partial charge in [0.2, 0.25) is 5.91 Å². The van der Waals surface area contributed by atoms with Crippen molar-refractivity contribution in [2.24, 2.45) is 5.41 Å². The first-order valence-electron chi connectivity index (χ1n) is 12.7. The molecule has 188 valence electrons. The van der Waals surface area contributed by atoms with E-state index in [4.69, 9.17) is 0 Å². The summed E-state index contributed by atoms with van der Waals surface area (Å²) in [5, 5.41) is 5.99. The minimum Gasteiger partial charge on any atom is -0.359 e. The first kappa shape index (κ1) is 25.3. The molecule has 4 rings (SSSR count). The minimum absolute atomic E-state index is 0.0632. The number of likely N-dealkylation sites (tertiary alicyclic amines) is 1. The van der Waals surface area contributed by atoms with Crippen molar-refractivity contribution >= 4 is 11.8 Å². The zero-order valence-electron chi connectivity index (χ0n) is 20.6. The maximum absolute atomic E-state index is 13.9. The van der Waals surface area contributed by atoms with Crippen molar-refractivity contribution in [3.63, 3.8) is 0 Å². The molecule has 2 aliphatic rings. The summed E-state index contributed by atoms with van der Waals surface area (Å²) in [6, 6.07) is 10.3. The summed E-state index contributed by atoms with van der Waals surface area (Å²) in [6.07, 6.45) is 5.21. The van der Waals surface area contributed by atoms with Crippen LogP contribution in [0.5, 0.6) is 0 Å². The number of carbonyl (C=O) groups is 2. The Balaban J connectivity index is 1.29. The first-order valence-corrected chi connectivity index (χ1v) is 12.7. The number of carbonyl (C=O) groups excluding carboxylic acids is 2. The molecule has 1 aliphatic carbocycles. The van der Waals surface area contributed by atoms with E-state index in [2.05, 4.69) is 22.5 Å². The van der Waals surface area contributed by atoms with Crippen LogP contribution in [0.3, 0.4) is 0 Å². The summed E-state index contributed by atoms with van der Waals surface area (Å²) >= 11 is 0. The van der Waals surface area contributed by atoms with Crippen LogP contribution in [-0.4, -0.2) is 49.4 Å². The van der Waals surface area contributed by atoms with Gasteiger partial charge in [0.25, 0.3) is 5.91 Å². The predicted molar refractivity (Wildman–Crippen MR) is 132 cm³/mol. The number of hydrogen-bond acceptors (Lipinski definition) is 3. The summed E-state index contributed by atoms with van der Waals surface area (Å²) in [7, 11) is 1.69. The second kappa shape index (κ2) is 10.9. The lowest BCUT2D eigenvalue weighted by atomic mass is 9.69. The number of nitrogens with zero attached hydrogens (tertiary/aromatic N) is 1. The van der Waals surface area contributed by atoms with Crippen molar-refractivity contribution in [3.8, 4) is 0 Å². The van der Waals surface area contributed by atoms with Crippen LogP contribution in [0, 0.1) is 17.0 Å². The van der Waals surface area contributed by atoms with Gasteiger partial charge in [-0.15, -0.1) is 0 Å². The van der Waals surface area contributed by atoms with E-state index in [-0.39, 0.29) is 23.3 Å². The largest absolute Gasteiger partial charge is 0.359 e. The zero-order chi connectivity index (χ0) is 25.0. The lowest BCUT2D eigenvalue weighted by molar-refractivity contribution is -0.131. The summed E-state index contributed by atoms with van der Waals surface area (Å²) in [5.41, 5.74) is 3.02. The number of aryl methyl sites for hydroxylation is 1. The van der Waals surface area contributed by atoms with Gasteiger partial charge in [0.1, 0.15) is 0 Å². The van der Waals surface area contributed by atoms with Crippen molar-refractivity contribution in [2.45, 2.75) is 57.9 Å². The number of amides is 2. The fourth-order valence-corrected chi connectivity index (χ4v) is 5.51. The molecule has 5 nitrogen and oxygen atoms in total. The second-order valence-electron chi connectivity index (χ2n) is 9.93. The lowest BCUT2D eigenvalue weighted by Gasteiger charge is -2.36. The number of rotatable bonds is 7. The molecule has 0 saturated carbocycles. The number of piperidine rings is 1. The molecule has 1 fully saturated rings. The normalized spacial score (nSPS) is 20.8. The Kier molecular flexibility index (Phi) is 7.85. The molecule has 1 heterocycles. The zero-order valence-corrected chi connectivity index (χ0v) is 20.6. The van der Waals surface area contributed by atoms with Gasteiger partial charge in [-0.05, 0) is 79.8 Å². The molecule has 1 saturated heterocycles. The third-order valence-electron chi connectivity index (χ3n) is 7.91. The Hall–Kier alpha value is -2.80. The van der Waals surface area contributed by atoms with Gasteiger partial charge >= 0.3 is 0 Å². The molecule has 2 N–H and O–H groups in total. The SMILES string of the molecule is CCC1(C(=O)NC)CCc2cc(C(=O)NC3CCN(CCc4cccc(F)c4F)CC3)ccc2C1. The molecular weight excluding hydrogens is 448 g/mol. The van der Waals surface area contributed by atoms with Crippen LogP contribution in [0.15, 0.2) is 36.4 Å². The number of nitrogens with one attached hydrogen (secondary N) is 2. The van der Waals surface area contributed by atoms with E-state index in [1.165, 1.54) is 0 Å². The molecule has 0 bridgehead atoms. The van der Waals surface area contributed by atoms with Crippen molar-refractivity contribution in [3.05, 3.63) is 70.3 Å². The van der Waals surface area contributed by atoms with Gasteiger partial charge in [0.15, 0.2) is 11.6 Å². The van der Waals surface area contributed by atoms with E-state index in [0.717, 1.165) is 62.4 Å². The van der Waals surface area contributed by atoms with E-state index < -0.39 is 11.6 Å². The molecule has 1 atom stereocenters. The molecule has 0 aromatic heterocycles. The van der Waals surface area contributed by atoms with Gasteiger partial charge in [0, 0.05) is 38.3 Å². The summed E-state index contributed by atoms with van der Waals surface area (Å²) in [5.74, 6) is -1.53. The van der Waals surface area contributed by atoms with Crippen molar-refractivity contribution in [1.82, 2.24) is 15.5 Å². The van der Waals surface area contributed by atoms with Gasteiger partial charge in [-0.1, -0.05) is 25.1 Å². The lowest BCUT2D eigenvalue weighted by Crippen LogP contribution is -2.45. The molecule has 7 heteroatoms. The average molecular weight is 484 g/mol. The number of halogens is 2. The van der Waals surface area contributed by atoms with Crippen molar-refractivity contribution < 1.29 is 18.4 Å². The van der Waals surface area contributed by atoms with Gasteiger partial charge in [0.05, 0.1) is 5.41 Å². The Morgan fingerprint density at radius 2 is 1.89 bits per heavy atom. The molecule has 2 aromatic rings. The highest BCUT2D eigenvalue weighted by molar-refractivity contribution is 5.94. The van der Waals surface area contributed by atoms with E-state index >= 15 is 0 Å². The number of hydrogen-bond donors (Lipinski definition) is 2. The fraction of sp³-hybridized carbons (Fsp3) is 0.500. The molecule has 1 unspecified atom stereocenters. The molecule has 1 aliphatic heterocycles. The average Bonchev–Trinajstić information content (AvgIpc) is 2.89. The predicted octanol–water partition coefficient (Wildman–Crippen LogP) is 4.03. The van der Waals surface area contributed by atoms with Crippen LogP contribution in [0.2, 0.25) is 0 Å². The Morgan fingerprint density at radius 1 is 1.11 bits per heavy atom. The van der Waals surface area contributed by atoms with Crippen LogP contribution < -0.4 is 10.6 Å². The maximum atomic E-state index is 13.9. The van der Waals surface area contributed by atoms with Crippen LogP contribution in [0.4, 0.5) is 8.78 Å². The van der Waals surface area contributed by atoms with Crippen LogP contribution >= 0.6 is 0 Å². The molecule has 2 amide bonds. The second-order valence-corrected chi connectivity index (χ2v) is 9.93. The number of benzene rings is 2. The smallest absolute Gasteiger partial charge is 0.251 e. The maximum Gasteiger partial charge on any atom is 0.251 e. The third-order valence-corrected chi connectivity index (χ3v) is 7.91. The highest BCUT2D eigenvalue weighted by Crippen LogP contribution is 2.39. The quantitative estimate of drug-likeness (QED) is 0.625. The van der Waals surface area contributed by atoms with Gasteiger partial charge in [-0.25, -0.2) is 8.78 Å². The van der Waals surface area contributed by atoms with E-state index in [1.54, 1.807) is 19.2 Å². The Morgan fingerprint density at radius 3 is 2.60 bits per heavy atom. The van der Waals surface area contributed by atoms with Gasteiger partial charge in [-0.3, -0.25) is 9.59 Å². The van der Waals surface area contributed by atoms with Gasteiger partial charge < -0.3 is 15.5 Å². The first-order chi connectivity index (χ1) is 16.8. The monoisotopic (exact) mass is 483 g/mol. The van der Waals surface area contributed by atoms with Crippen LogP contribution in [0.1, 0.15) is 59.7 Å². The summed E-state index contributed by atoms with van der Waals surface area (Å²) < 4.78 is 27.3. The topological polar surface area (TPSA) is 61.4 Å². The van der Waals surface area contributed by atoms with E-state index in [1.807, 2.05) is 18.2 Å². The molecule has 0 spiro atoms. The number of fused-ring (bicyclic) bond motifs is 1. The highest BCUT2D eigenvalue weighted by Gasteiger charge is 2.39. The Labute approximate surface area is 206 Å². The molecule has 2 aromatic carbocycles.